The van der Waals surface area contributed by atoms with Crippen LogP contribution in [0.5, 0.6) is 0 Å². The molecule has 0 aromatic heterocycles. The summed E-state index contributed by atoms with van der Waals surface area (Å²) in [6.45, 7) is 7.53. The summed E-state index contributed by atoms with van der Waals surface area (Å²) in [5.41, 5.74) is 0.0662. The van der Waals surface area contributed by atoms with Gasteiger partial charge in [-0.3, -0.25) is 9.69 Å². The maximum Gasteiger partial charge on any atom is 0.251 e. The van der Waals surface area contributed by atoms with Crippen molar-refractivity contribution in [2.24, 2.45) is 5.41 Å². The predicted octanol–water partition coefficient (Wildman–Crippen LogP) is 0.753. The van der Waals surface area contributed by atoms with Gasteiger partial charge in [-0.05, 0) is 25.7 Å². The van der Waals surface area contributed by atoms with E-state index in [1.807, 2.05) is 4.90 Å². The van der Waals surface area contributed by atoms with E-state index in [2.05, 4.69) is 4.90 Å². The summed E-state index contributed by atoms with van der Waals surface area (Å²) >= 11 is 0. The highest BCUT2D eigenvalue weighted by atomic mass is 16.5. The Morgan fingerprint density at radius 1 is 1.26 bits per heavy atom. The van der Waals surface area contributed by atoms with E-state index in [1.54, 1.807) is 7.11 Å². The van der Waals surface area contributed by atoms with Crippen molar-refractivity contribution in [1.29, 1.82) is 0 Å². The van der Waals surface area contributed by atoms with E-state index in [-0.39, 0.29) is 17.4 Å². The number of amides is 1. The Labute approximate surface area is 139 Å². The van der Waals surface area contributed by atoms with Gasteiger partial charge in [0, 0.05) is 51.9 Å². The smallest absolute Gasteiger partial charge is 0.251 e. The fraction of sp³-hybridized carbons (Fsp3) is 0.941. The summed E-state index contributed by atoms with van der Waals surface area (Å²) in [4.78, 5) is 17.1. The average molecular weight is 326 g/mol. The zero-order valence-corrected chi connectivity index (χ0v) is 14.3. The topological polar surface area (TPSA) is 51.2 Å². The Morgan fingerprint density at radius 3 is 2.96 bits per heavy atom. The summed E-state index contributed by atoms with van der Waals surface area (Å²) in [7, 11) is 1.74. The maximum atomic E-state index is 12.7. The van der Waals surface area contributed by atoms with Gasteiger partial charge in [0.15, 0.2) is 0 Å². The minimum absolute atomic E-state index is 0.0662. The monoisotopic (exact) mass is 326 g/mol. The van der Waals surface area contributed by atoms with Gasteiger partial charge in [-0.1, -0.05) is 0 Å². The van der Waals surface area contributed by atoms with E-state index in [4.69, 9.17) is 14.2 Å². The quantitative estimate of drug-likeness (QED) is 0.763. The standard InChI is InChI=1S/C17H30N2O4/c1-21-10-7-18-8-11-22-14-17(12-18)5-3-6-19(13-17)16(20)15-4-2-9-23-15/h15H,2-14H2,1H3/t15-,17-/m0/s1. The van der Waals surface area contributed by atoms with Crippen LogP contribution in [0.25, 0.3) is 0 Å². The third-order valence-corrected chi connectivity index (χ3v) is 5.31. The van der Waals surface area contributed by atoms with Crippen molar-refractivity contribution in [2.75, 3.05) is 66.3 Å². The van der Waals surface area contributed by atoms with Crippen LogP contribution in [0, 0.1) is 5.41 Å². The number of carbonyl (C=O) groups is 1. The van der Waals surface area contributed by atoms with Gasteiger partial charge in [-0.2, -0.15) is 0 Å². The van der Waals surface area contributed by atoms with Crippen LogP contribution in [-0.2, 0) is 19.0 Å². The van der Waals surface area contributed by atoms with E-state index >= 15 is 0 Å². The van der Waals surface area contributed by atoms with Crippen LogP contribution in [0.15, 0.2) is 0 Å². The van der Waals surface area contributed by atoms with Crippen molar-refractivity contribution < 1.29 is 19.0 Å². The highest BCUT2D eigenvalue weighted by Crippen LogP contribution is 2.33. The van der Waals surface area contributed by atoms with Crippen LogP contribution in [0.1, 0.15) is 25.7 Å². The molecule has 3 aliphatic heterocycles. The average Bonchev–Trinajstić information content (AvgIpc) is 3.03. The molecular formula is C17H30N2O4. The molecule has 0 unspecified atom stereocenters. The number of piperidine rings is 1. The van der Waals surface area contributed by atoms with Gasteiger partial charge in [-0.15, -0.1) is 0 Å². The van der Waals surface area contributed by atoms with E-state index in [1.165, 1.54) is 0 Å². The molecule has 0 aromatic carbocycles. The SMILES string of the molecule is COCCN1CCOC[C@@]2(CCCN(C(=O)[C@@H]3CCCO3)C2)C1. The molecule has 0 N–H and O–H groups in total. The van der Waals surface area contributed by atoms with Crippen LogP contribution in [-0.4, -0.2) is 88.1 Å². The highest BCUT2D eigenvalue weighted by Gasteiger charge is 2.41. The Bertz CT molecular complexity index is 400. The normalized spacial score (nSPS) is 33.1. The van der Waals surface area contributed by atoms with Crippen LogP contribution in [0.2, 0.25) is 0 Å². The lowest BCUT2D eigenvalue weighted by Gasteiger charge is -2.44. The number of methoxy groups -OCH3 is 1. The predicted molar refractivity (Wildman–Crippen MR) is 86.4 cm³/mol. The molecular weight excluding hydrogens is 296 g/mol. The summed E-state index contributed by atoms with van der Waals surface area (Å²) in [5, 5.41) is 0. The van der Waals surface area contributed by atoms with Crippen molar-refractivity contribution in [3.05, 3.63) is 0 Å². The molecule has 3 fully saturated rings. The number of hydrogen-bond donors (Lipinski definition) is 0. The molecule has 6 nitrogen and oxygen atoms in total. The second-order valence-corrected chi connectivity index (χ2v) is 7.19. The molecule has 3 saturated heterocycles. The van der Waals surface area contributed by atoms with Gasteiger partial charge in [0.1, 0.15) is 6.10 Å². The zero-order valence-electron chi connectivity index (χ0n) is 14.3. The molecule has 1 amide bonds. The molecule has 3 rings (SSSR count). The van der Waals surface area contributed by atoms with Gasteiger partial charge in [0.2, 0.25) is 0 Å². The molecule has 3 aliphatic rings. The van der Waals surface area contributed by atoms with Crippen LogP contribution >= 0.6 is 0 Å². The van der Waals surface area contributed by atoms with Gasteiger partial charge in [-0.25, -0.2) is 0 Å². The lowest BCUT2D eigenvalue weighted by atomic mass is 9.80. The van der Waals surface area contributed by atoms with Crippen LogP contribution < -0.4 is 0 Å². The first-order valence-electron chi connectivity index (χ1n) is 8.92. The molecule has 2 atom stereocenters. The minimum atomic E-state index is -0.207. The zero-order chi connectivity index (χ0) is 16.1. The first-order chi connectivity index (χ1) is 11.2. The first kappa shape index (κ1) is 17.1. The van der Waals surface area contributed by atoms with Crippen molar-refractivity contribution in [1.82, 2.24) is 9.80 Å². The van der Waals surface area contributed by atoms with Gasteiger partial charge in [0.05, 0.1) is 19.8 Å². The van der Waals surface area contributed by atoms with Gasteiger partial charge >= 0.3 is 0 Å². The summed E-state index contributed by atoms with van der Waals surface area (Å²) in [6, 6.07) is 0. The van der Waals surface area contributed by atoms with Crippen molar-refractivity contribution >= 4 is 5.91 Å². The van der Waals surface area contributed by atoms with Gasteiger partial charge < -0.3 is 19.1 Å². The summed E-state index contributed by atoms with van der Waals surface area (Å²) in [5.74, 6) is 0.189. The molecule has 6 heteroatoms. The Hall–Kier alpha value is -0.690. The first-order valence-corrected chi connectivity index (χ1v) is 8.92. The lowest BCUT2D eigenvalue weighted by Crippen LogP contribution is -2.54. The highest BCUT2D eigenvalue weighted by molar-refractivity contribution is 5.81. The van der Waals surface area contributed by atoms with Crippen LogP contribution in [0.4, 0.5) is 0 Å². The number of hydrogen-bond acceptors (Lipinski definition) is 5. The number of carbonyl (C=O) groups excluding carboxylic acids is 1. The molecule has 0 aromatic rings. The number of nitrogens with zero attached hydrogens (tertiary/aromatic N) is 2. The molecule has 23 heavy (non-hydrogen) atoms. The van der Waals surface area contributed by atoms with E-state index in [0.29, 0.717) is 0 Å². The molecule has 132 valence electrons. The number of ether oxygens (including phenoxy) is 3. The fourth-order valence-electron chi connectivity index (χ4n) is 4.11. The van der Waals surface area contributed by atoms with Crippen molar-refractivity contribution in [3.63, 3.8) is 0 Å². The Kier molecular flexibility index (Phi) is 5.91. The van der Waals surface area contributed by atoms with E-state index in [9.17, 15) is 4.79 Å². The van der Waals surface area contributed by atoms with Crippen molar-refractivity contribution in [2.45, 2.75) is 31.8 Å². The Morgan fingerprint density at radius 2 is 2.17 bits per heavy atom. The summed E-state index contributed by atoms with van der Waals surface area (Å²) < 4.78 is 16.7. The molecule has 0 aliphatic carbocycles. The van der Waals surface area contributed by atoms with Crippen molar-refractivity contribution in [3.8, 4) is 0 Å². The third-order valence-electron chi connectivity index (χ3n) is 5.31. The van der Waals surface area contributed by atoms with Crippen LogP contribution in [0.3, 0.4) is 0 Å². The number of likely N-dealkylation sites (tertiary alicyclic amines) is 1. The molecule has 3 heterocycles. The fourth-order valence-corrected chi connectivity index (χ4v) is 4.11. The number of rotatable bonds is 4. The largest absolute Gasteiger partial charge is 0.383 e. The lowest BCUT2D eigenvalue weighted by molar-refractivity contribution is -0.145. The molecule has 0 radical (unpaired) electrons. The molecule has 0 saturated carbocycles. The second-order valence-electron chi connectivity index (χ2n) is 7.19. The van der Waals surface area contributed by atoms with Gasteiger partial charge in [0.25, 0.3) is 5.91 Å². The molecule has 0 bridgehead atoms. The van der Waals surface area contributed by atoms with E-state index < -0.39 is 0 Å². The third kappa shape index (κ3) is 4.24. The second kappa shape index (κ2) is 7.92. The maximum absolute atomic E-state index is 12.7. The molecule has 1 spiro atoms. The Balaban J connectivity index is 1.63. The van der Waals surface area contributed by atoms with E-state index in [0.717, 1.165) is 84.8 Å². The summed E-state index contributed by atoms with van der Waals surface area (Å²) in [6.07, 6.45) is 3.86. The minimum Gasteiger partial charge on any atom is -0.383 e.